The Morgan fingerprint density at radius 3 is 2.67 bits per heavy atom. The van der Waals surface area contributed by atoms with Crippen LogP contribution in [-0.4, -0.2) is 18.6 Å². The van der Waals surface area contributed by atoms with Crippen molar-refractivity contribution < 1.29 is 5.02 Å². The normalized spacial score (nSPS) is 22.5. The minimum atomic E-state index is -0.204. The molecule has 0 radical (unpaired) electrons. The molecule has 1 rings (SSSR count). The summed E-state index contributed by atoms with van der Waals surface area (Å²) in [5.41, 5.74) is 0. The van der Waals surface area contributed by atoms with E-state index in [2.05, 4.69) is 5.23 Å². The topological polar surface area (TPSA) is 32.3 Å². The molecular formula is C3H8BNO. The van der Waals surface area contributed by atoms with E-state index in [4.69, 9.17) is 5.02 Å². The Morgan fingerprint density at radius 2 is 2.50 bits per heavy atom. The lowest BCUT2D eigenvalue weighted by Crippen LogP contribution is -2.25. The predicted molar refractivity (Wildman–Crippen MR) is 25.4 cm³/mol. The average molecular weight is 84.9 g/mol. The van der Waals surface area contributed by atoms with E-state index in [1.807, 2.05) is 0 Å². The third-order valence-corrected chi connectivity index (χ3v) is 1.03. The van der Waals surface area contributed by atoms with E-state index in [0.29, 0.717) is 0 Å². The summed E-state index contributed by atoms with van der Waals surface area (Å²) in [6.45, 7) is 0.987. The molecule has 34 valence electrons. The van der Waals surface area contributed by atoms with E-state index in [1.165, 1.54) is 0 Å². The average Bonchev–Trinajstić information content (AvgIpc) is 1.86. The summed E-state index contributed by atoms with van der Waals surface area (Å²) in [5.74, 6) is 0. The highest BCUT2D eigenvalue weighted by atomic mass is 16.2. The first-order valence-corrected chi connectivity index (χ1v) is 2.31. The molecule has 2 nitrogen and oxygen atoms in total. The minimum Gasteiger partial charge on any atom is -0.437 e. The van der Waals surface area contributed by atoms with Gasteiger partial charge in [-0.15, -0.1) is 0 Å². The molecule has 1 heterocycles. The maximum Gasteiger partial charge on any atom is 0.376 e. The zero-order chi connectivity index (χ0) is 4.41. The van der Waals surface area contributed by atoms with E-state index in [-0.39, 0.29) is 7.05 Å². The van der Waals surface area contributed by atoms with Crippen LogP contribution in [0.3, 0.4) is 0 Å². The Hall–Kier alpha value is -0.0151. The highest BCUT2D eigenvalue weighted by Gasteiger charge is 2.14. The Labute approximate surface area is 37.7 Å². The van der Waals surface area contributed by atoms with Crippen molar-refractivity contribution >= 4 is 7.05 Å². The summed E-state index contributed by atoms with van der Waals surface area (Å²) >= 11 is 0. The molecule has 1 saturated heterocycles. The highest BCUT2D eigenvalue weighted by Crippen LogP contribution is 1.97. The first-order valence-electron chi connectivity index (χ1n) is 2.31. The maximum atomic E-state index is 8.62. The van der Waals surface area contributed by atoms with Gasteiger partial charge >= 0.3 is 7.05 Å². The monoisotopic (exact) mass is 85.1 g/mol. The Kier molecular flexibility index (Phi) is 1.12. The molecule has 0 aromatic rings. The summed E-state index contributed by atoms with van der Waals surface area (Å²) in [6, 6.07) is 0. The molecule has 0 bridgehead atoms. The summed E-state index contributed by atoms with van der Waals surface area (Å²) in [5, 5.41) is 11.5. The molecule has 0 spiro atoms. The van der Waals surface area contributed by atoms with Gasteiger partial charge in [-0.2, -0.15) is 0 Å². The molecule has 0 amide bonds. The van der Waals surface area contributed by atoms with E-state index >= 15 is 0 Å². The fourth-order valence-corrected chi connectivity index (χ4v) is 0.666. The van der Waals surface area contributed by atoms with Gasteiger partial charge < -0.3 is 10.3 Å². The van der Waals surface area contributed by atoms with Crippen molar-refractivity contribution in [3.63, 3.8) is 0 Å². The van der Waals surface area contributed by atoms with Crippen LogP contribution in [0.4, 0.5) is 0 Å². The van der Waals surface area contributed by atoms with E-state index in [1.54, 1.807) is 0 Å². The number of nitrogens with one attached hydrogen (secondary N) is 1. The van der Waals surface area contributed by atoms with Crippen LogP contribution in [0.2, 0.25) is 6.32 Å². The van der Waals surface area contributed by atoms with Crippen molar-refractivity contribution in [2.75, 3.05) is 6.54 Å². The second-order valence-electron chi connectivity index (χ2n) is 1.61. The van der Waals surface area contributed by atoms with Gasteiger partial charge in [-0.3, -0.25) is 0 Å². The fraction of sp³-hybridized carbons (Fsp3) is 1.00. The largest absolute Gasteiger partial charge is 0.437 e. The number of hydrogen-bond acceptors (Lipinski definition) is 2. The van der Waals surface area contributed by atoms with Gasteiger partial charge in [0.2, 0.25) is 0 Å². The first-order chi connectivity index (χ1) is 2.89. The molecule has 0 saturated carbocycles. The van der Waals surface area contributed by atoms with Gasteiger partial charge in [0, 0.05) is 0 Å². The third-order valence-electron chi connectivity index (χ3n) is 1.03. The summed E-state index contributed by atoms with van der Waals surface area (Å²) < 4.78 is 0. The van der Waals surface area contributed by atoms with Crippen LogP contribution in [0, 0.1) is 0 Å². The van der Waals surface area contributed by atoms with Crippen molar-refractivity contribution in [2.24, 2.45) is 0 Å². The molecule has 1 fully saturated rings. The van der Waals surface area contributed by atoms with Crippen LogP contribution in [-0.2, 0) is 0 Å². The second kappa shape index (κ2) is 1.62. The van der Waals surface area contributed by atoms with Crippen LogP contribution in [0.5, 0.6) is 0 Å². The Morgan fingerprint density at radius 1 is 1.67 bits per heavy atom. The SMILES string of the molecule is OB1CCCN1. The summed E-state index contributed by atoms with van der Waals surface area (Å²) in [4.78, 5) is 0. The third kappa shape index (κ3) is 0.728. The van der Waals surface area contributed by atoms with Crippen molar-refractivity contribution in [3.05, 3.63) is 0 Å². The molecule has 2 N–H and O–H groups in total. The smallest absolute Gasteiger partial charge is 0.376 e. The van der Waals surface area contributed by atoms with Gasteiger partial charge in [-0.25, -0.2) is 0 Å². The molecule has 0 aromatic carbocycles. The van der Waals surface area contributed by atoms with Gasteiger partial charge in [0.25, 0.3) is 0 Å². The fourth-order valence-electron chi connectivity index (χ4n) is 0.666. The second-order valence-corrected chi connectivity index (χ2v) is 1.61. The molecular weight excluding hydrogens is 76.9 g/mol. The van der Waals surface area contributed by atoms with Gasteiger partial charge in [-0.05, 0) is 19.3 Å². The van der Waals surface area contributed by atoms with Crippen molar-refractivity contribution in [3.8, 4) is 0 Å². The summed E-state index contributed by atoms with van der Waals surface area (Å²) in [6.07, 6.45) is 2.06. The van der Waals surface area contributed by atoms with Crippen molar-refractivity contribution in [1.82, 2.24) is 5.23 Å². The Bertz CT molecular complexity index is 44.1. The van der Waals surface area contributed by atoms with Crippen LogP contribution in [0.15, 0.2) is 0 Å². The number of hydrogen-bond donors (Lipinski definition) is 2. The molecule has 0 aromatic heterocycles. The highest BCUT2D eigenvalue weighted by molar-refractivity contribution is 6.48. The van der Waals surface area contributed by atoms with Crippen LogP contribution < -0.4 is 5.23 Å². The summed E-state index contributed by atoms with van der Waals surface area (Å²) in [7, 11) is -0.204. The molecule has 6 heavy (non-hydrogen) atoms. The Balaban J connectivity index is 2.18. The van der Waals surface area contributed by atoms with Crippen molar-refractivity contribution in [2.45, 2.75) is 12.7 Å². The lowest BCUT2D eigenvalue weighted by atomic mass is 9.83. The molecule has 3 heteroatoms. The molecule has 0 unspecified atom stereocenters. The molecule has 0 aliphatic carbocycles. The maximum absolute atomic E-state index is 8.62. The zero-order valence-corrected chi connectivity index (χ0v) is 3.65. The predicted octanol–water partition coefficient (Wildman–Crippen LogP) is -0.540. The standard InChI is InChI=1S/C3H8BNO/c6-4-2-1-3-5-4/h5-6H,1-3H2. The van der Waals surface area contributed by atoms with E-state index in [0.717, 1.165) is 19.3 Å². The van der Waals surface area contributed by atoms with Crippen LogP contribution in [0.25, 0.3) is 0 Å². The van der Waals surface area contributed by atoms with Crippen molar-refractivity contribution in [1.29, 1.82) is 0 Å². The molecule has 1 aliphatic rings. The van der Waals surface area contributed by atoms with Gasteiger partial charge in [0.15, 0.2) is 0 Å². The molecule has 0 atom stereocenters. The number of rotatable bonds is 0. The van der Waals surface area contributed by atoms with Gasteiger partial charge in [-0.1, -0.05) is 0 Å². The van der Waals surface area contributed by atoms with Crippen LogP contribution in [0.1, 0.15) is 6.42 Å². The molecule has 1 aliphatic heterocycles. The van der Waals surface area contributed by atoms with Gasteiger partial charge in [0.1, 0.15) is 0 Å². The van der Waals surface area contributed by atoms with Crippen LogP contribution >= 0.6 is 0 Å². The van der Waals surface area contributed by atoms with E-state index < -0.39 is 0 Å². The quantitative estimate of drug-likeness (QED) is 0.387. The zero-order valence-electron chi connectivity index (χ0n) is 3.65. The van der Waals surface area contributed by atoms with E-state index in [9.17, 15) is 0 Å². The lowest BCUT2D eigenvalue weighted by Gasteiger charge is -1.87. The first kappa shape index (κ1) is 4.15. The van der Waals surface area contributed by atoms with Gasteiger partial charge in [0.05, 0.1) is 0 Å². The minimum absolute atomic E-state index is 0.204. The lowest BCUT2D eigenvalue weighted by molar-refractivity contribution is 0.564.